The van der Waals surface area contributed by atoms with Gasteiger partial charge in [-0.2, -0.15) is 0 Å². The highest BCUT2D eigenvalue weighted by atomic mass is 32.2. The van der Waals surface area contributed by atoms with Crippen molar-refractivity contribution in [1.29, 1.82) is 0 Å². The van der Waals surface area contributed by atoms with Gasteiger partial charge in [0.2, 0.25) is 10.0 Å². The molecule has 0 heterocycles. The first-order valence-corrected chi connectivity index (χ1v) is 10.1. The molecule has 0 spiro atoms. The van der Waals surface area contributed by atoms with E-state index >= 15 is 0 Å². The minimum Gasteiger partial charge on any atom is -0.497 e. The molecule has 1 atom stereocenters. The van der Waals surface area contributed by atoms with Crippen LogP contribution in [0.5, 0.6) is 5.75 Å². The second kappa shape index (κ2) is 8.20. The maximum atomic E-state index is 12.5. The molecule has 0 aliphatic heterocycles. The lowest BCUT2D eigenvalue weighted by molar-refractivity contribution is 0.0657. The molecule has 0 aliphatic rings. The quantitative estimate of drug-likeness (QED) is 0.741. The first kappa shape index (κ1) is 20.4. The molecule has 6 heteroatoms. The van der Waals surface area contributed by atoms with Crippen LogP contribution in [0.15, 0.2) is 53.4 Å². The summed E-state index contributed by atoms with van der Waals surface area (Å²) in [5, 5.41) is 10.6. The predicted octanol–water partition coefficient (Wildman–Crippen LogP) is 3.09. The maximum absolute atomic E-state index is 12.5. The van der Waals surface area contributed by atoms with Crippen molar-refractivity contribution in [3.8, 4) is 5.75 Å². The first-order valence-electron chi connectivity index (χ1n) is 8.58. The third-order valence-electron chi connectivity index (χ3n) is 4.24. The molecule has 0 radical (unpaired) electrons. The van der Waals surface area contributed by atoms with Gasteiger partial charge in [-0.3, -0.25) is 0 Å². The van der Waals surface area contributed by atoms with Crippen LogP contribution in [0.4, 0.5) is 0 Å². The van der Waals surface area contributed by atoms with Crippen molar-refractivity contribution in [1.82, 2.24) is 4.72 Å². The molecule has 2 N–H and O–H groups in total. The predicted molar refractivity (Wildman–Crippen MR) is 103 cm³/mol. The normalized spacial score (nSPS) is 14.2. The molecule has 0 aliphatic carbocycles. The van der Waals surface area contributed by atoms with Crippen LogP contribution in [0.2, 0.25) is 0 Å². The highest BCUT2D eigenvalue weighted by Gasteiger charge is 2.24. The number of rotatable bonds is 8. The third-order valence-corrected chi connectivity index (χ3v) is 5.66. The van der Waals surface area contributed by atoms with Gasteiger partial charge in [-0.15, -0.1) is 0 Å². The zero-order valence-electron chi connectivity index (χ0n) is 15.7. The fraction of sp³-hybridized carbons (Fsp3) is 0.400. The highest BCUT2D eigenvalue weighted by Crippen LogP contribution is 2.19. The fourth-order valence-corrected chi connectivity index (χ4v) is 3.77. The average molecular weight is 378 g/mol. The topological polar surface area (TPSA) is 75.6 Å². The summed E-state index contributed by atoms with van der Waals surface area (Å²) in [6.07, 6.45) is 0.325. The van der Waals surface area contributed by atoms with Crippen LogP contribution in [0.3, 0.4) is 0 Å². The molecule has 142 valence electrons. The maximum Gasteiger partial charge on any atom is 0.240 e. The number of nitrogens with one attached hydrogen (secondary N) is 1. The Morgan fingerprint density at radius 1 is 1.08 bits per heavy atom. The number of ether oxygens (including phenoxy) is 1. The van der Waals surface area contributed by atoms with Gasteiger partial charge in [-0.25, -0.2) is 13.1 Å². The molecule has 0 bridgehead atoms. The molecule has 1 unspecified atom stereocenters. The lowest BCUT2D eigenvalue weighted by atomic mass is 9.97. The molecule has 26 heavy (non-hydrogen) atoms. The van der Waals surface area contributed by atoms with Crippen LogP contribution in [0, 0.1) is 0 Å². The lowest BCUT2D eigenvalue weighted by Crippen LogP contribution is -2.42. The minimum atomic E-state index is -3.67. The van der Waals surface area contributed by atoms with Crippen LogP contribution < -0.4 is 9.46 Å². The Labute approximate surface area is 156 Å². The molecular weight excluding hydrogens is 350 g/mol. The molecule has 2 aromatic carbocycles. The molecular formula is C20H27NO4S. The number of sulfonamides is 1. The standard InChI is InChI=1S/C20H27NO4S/c1-15(2)17-7-11-19(12-8-17)26(23,24)21-14-20(3,22)13-16-5-9-18(25-4)10-6-16/h5-12,15,21-22H,13-14H2,1-4H3. The van der Waals surface area contributed by atoms with Gasteiger partial charge in [-0.1, -0.05) is 38.1 Å². The average Bonchev–Trinajstić information content (AvgIpc) is 2.61. The number of hydrogen-bond donors (Lipinski definition) is 2. The van der Waals surface area contributed by atoms with Crippen LogP contribution in [0.1, 0.15) is 37.8 Å². The molecule has 5 nitrogen and oxygen atoms in total. The van der Waals surface area contributed by atoms with E-state index < -0.39 is 15.6 Å². The summed E-state index contributed by atoms with van der Waals surface area (Å²) in [5.41, 5.74) is 0.770. The van der Waals surface area contributed by atoms with Crippen molar-refractivity contribution in [2.75, 3.05) is 13.7 Å². The molecule has 0 aromatic heterocycles. The SMILES string of the molecule is COc1ccc(CC(C)(O)CNS(=O)(=O)c2ccc(C(C)C)cc2)cc1. The van der Waals surface area contributed by atoms with Crippen molar-refractivity contribution in [3.63, 3.8) is 0 Å². The van der Waals surface area contributed by atoms with E-state index in [1.807, 2.05) is 36.4 Å². The molecule has 0 amide bonds. The monoisotopic (exact) mass is 377 g/mol. The van der Waals surface area contributed by atoms with E-state index in [1.54, 1.807) is 26.2 Å². The molecule has 2 aromatic rings. The van der Waals surface area contributed by atoms with E-state index in [1.165, 1.54) is 0 Å². The van der Waals surface area contributed by atoms with Gasteiger partial charge >= 0.3 is 0 Å². The highest BCUT2D eigenvalue weighted by molar-refractivity contribution is 7.89. The van der Waals surface area contributed by atoms with Gasteiger partial charge in [0, 0.05) is 13.0 Å². The van der Waals surface area contributed by atoms with E-state index in [0.717, 1.165) is 16.9 Å². The Bertz CT molecular complexity index is 810. The smallest absolute Gasteiger partial charge is 0.240 e. The summed E-state index contributed by atoms with van der Waals surface area (Å²) in [5.74, 6) is 1.07. The minimum absolute atomic E-state index is 0.0761. The number of aliphatic hydroxyl groups is 1. The van der Waals surface area contributed by atoms with Crippen molar-refractivity contribution in [3.05, 3.63) is 59.7 Å². The largest absolute Gasteiger partial charge is 0.497 e. The van der Waals surface area contributed by atoms with Crippen LogP contribution >= 0.6 is 0 Å². The van der Waals surface area contributed by atoms with E-state index in [2.05, 4.69) is 18.6 Å². The second-order valence-electron chi connectivity index (χ2n) is 7.07. The van der Waals surface area contributed by atoms with Gasteiger partial charge in [0.1, 0.15) is 5.75 Å². The van der Waals surface area contributed by atoms with Gasteiger partial charge < -0.3 is 9.84 Å². The Kier molecular flexibility index (Phi) is 6.44. The van der Waals surface area contributed by atoms with Crippen molar-refractivity contribution in [2.45, 2.75) is 43.6 Å². The number of hydrogen-bond acceptors (Lipinski definition) is 4. The summed E-state index contributed by atoms with van der Waals surface area (Å²) in [4.78, 5) is 0.196. The van der Waals surface area contributed by atoms with Crippen molar-refractivity contribution >= 4 is 10.0 Å². The van der Waals surface area contributed by atoms with E-state index in [9.17, 15) is 13.5 Å². The molecule has 0 saturated heterocycles. The molecule has 2 rings (SSSR count). The van der Waals surface area contributed by atoms with Crippen LogP contribution in [-0.4, -0.2) is 32.8 Å². The van der Waals surface area contributed by atoms with Crippen molar-refractivity contribution < 1.29 is 18.3 Å². The van der Waals surface area contributed by atoms with Crippen molar-refractivity contribution in [2.24, 2.45) is 0 Å². The molecule has 0 saturated carbocycles. The molecule has 0 fully saturated rings. The summed E-state index contributed by atoms with van der Waals surface area (Å²) >= 11 is 0. The summed E-state index contributed by atoms with van der Waals surface area (Å²) in [6, 6.07) is 14.1. The zero-order chi connectivity index (χ0) is 19.4. The fourth-order valence-electron chi connectivity index (χ4n) is 2.61. The van der Waals surface area contributed by atoms with Gasteiger partial charge in [-0.05, 0) is 48.2 Å². The number of benzene rings is 2. The number of methoxy groups -OCH3 is 1. The van der Waals surface area contributed by atoms with E-state index in [-0.39, 0.29) is 11.4 Å². The van der Waals surface area contributed by atoms with Gasteiger partial charge in [0.05, 0.1) is 17.6 Å². The van der Waals surface area contributed by atoms with Crippen LogP contribution in [-0.2, 0) is 16.4 Å². The van der Waals surface area contributed by atoms with Gasteiger partial charge in [0.25, 0.3) is 0 Å². The zero-order valence-corrected chi connectivity index (χ0v) is 16.5. The Morgan fingerprint density at radius 2 is 1.65 bits per heavy atom. The third kappa shape index (κ3) is 5.56. The lowest BCUT2D eigenvalue weighted by Gasteiger charge is -2.24. The summed E-state index contributed by atoms with van der Waals surface area (Å²) in [6.45, 7) is 5.64. The van der Waals surface area contributed by atoms with Gasteiger partial charge in [0.15, 0.2) is 0 Å². The Morgan fingerprint density at radius 3 is 2.15 bits per heavy atom. The summed E-state index contributed by atoms with van der Waals surface area (Å²) < 4.78 is 32.5. The summed E-state index contributed by atoms with van der Waals surface area (Å²) in [7, 11) is -2.08. The van der Waals surface area contributed by atoms with E-state index in [4.69, 9.17) is 4.74 Å². The second-order valence-corrected chi connectivity index (χ2v) is 8.84. The first-order chi connectivity index (χ1) is 12.1. The Balaban J connectivity index is 2.02. The van der Waals surface area contributed by atoms with E-state index in [0.29, 0.717) is 12.3 Å². The Hall–Kier alpha value is -1.89. The van der Waals surface area contributed by atoms with Crippen LogP contribution in [0.25, 0.3) is 0 Å².